The van der Waals surface area contributed by atoms with Gasteiger partial charge in [-0.2, -0.15) is 0 Å². The van der Waals surface area contributed by atoms with E-state index in [1.807, 2.05) is 17.5 Å². The second-order valence-corrected chi connectivity index (χ2v) is 8.23. The van der Waals surface area contributed by atoms with Gasteiger partial charge in [0.25, 0.3) is 5.56 Å². The summed E-state index contributed by atoms with van der Waals surface area (Å²) in [5.41, 5.74) is 1.20. The molecule has 0 radical (unpaired) electrons. The Kier molecular flexibility index (Phi) is 5.75. The van der Waals surface area contributed by atoms with Crippen LogP contribution in [0.25, 0.3) is 21.3 Å². The zero-order valence-corrected chi connectivity index (χ0v) is 17.5. The highest BCUT2D eigenvalue weighted by Gasteiger charge is 2.15. The molecular formula is C21H16BrFN2O3S. The Bertz CT molecular complexity index is 1190. The van der Waals surface area contributed by atoms with Crippen LogP contribution in [0.1, 0.15) is 0 Å². The van der Waals surface area contributed by atoms with Crippen LogP contribution in [0.4, 0.5) is 4.39 Å². The Morgan fingerprint density at radius 3 is 2.62 bits per heavy atom. The third-order valence-electron chi connectivity index (χ3n) is 4.38. The van der Waals surface area contributed by atoms with E-state index in [0.29, 0.717) is 21.5 Å². The molecule has 2 aromatic carbocycles. The predicted molar refractivity (Wildman–Crippen MR) is 115 cm³/mol. The van der Waals surface area contributed by atoms with Gasteiger partial charge < -0.3 is 9.84 Å². The Morgan fingerprint density at radius 1 is 1.17 bits per heavy atom. The molecule has 0 amide bonds. The largest absolute Gasteiger partial charge is 0.491 e. The lowest BCUT2D eigenvalue weighted by molar-refractivity contribution is 0.0915. The van der Waals surface area contributed by atoms with E-state index < -0.39 is 6.10 Å². The first kappa shape index (κ1) is 19.8. The fraction of sp³-hybridized carbons (Fsp3) is 0.143. The van der Waals surface area contributed by atoms with Crippen LogP contribution in [0.15, 0.2) is 69.5 Å². The smallest absolute Gasteiger partial charge is 0.262 e. The van der Waals surface area contributed by atoms with Crippen molar-refractivity contribution in [2.24, 2.45) is 0 Å². The summed E-state index contributed by atoms with van der Waals surface area (Å²) in [4.78, 5) is 17.9. The number of fused-ring (bicyclic) bond motifs is 1. The van der Waals surface area contributed by atoms with Crippen molar-refractivity contribution in [3.05, 3.63) is 80.9 Å². The average Bonchev–Trinajstić information content (AvgIpc) is 3.15. The molecule has 0 saturated carbocycles. The zero-order valence-electron chi connectivity index (χ0n) is 15.1. The molecule has 2 aromatic heterocycles. The number of ether oxygens (including phenoxy) is 1. The van der Waals surface area contributed by atoms with Gasteiger partial charge in [0.15, 0.2) is 0 Å². The van der Waals surface area contributed by atoms with Gasteiger partial charge >= 0.3 is 0 Å². The molecule has 0 fully saturated rings. The van der Waals surface area contributed by atoms with E-state index in [-0.39, 0.29) is 24.5 Å². The fourth-order valence-electron chi connectivity index (χ4n) is 2.94. The summed E-state index contributed by atoms with van der Waals surface area (Å²) >= 11 is 4.71. The molecule has 0 aliphatic rings. The summed E-state index contributed by atoms with van der Waals surface area (Å²) in [6, 6.07) is 13.2. The number of halogens is 2. The van der Waals surface area contributed by atoms with Crippen molar-refractivity contribution in [3.8, 4) is 16.9 Å². The van der Waals surface area contributed by atoms with E-state index in [0.717, 1.165) is 10.0 Å². The Labute approximate surface area is 178 Å². The lowest BCUT2D eigenvalue weighted by Gasteiger charge is -2.14. The molecule has 1 N–H and O–H groups in total. The number of aliphatic hydroxyl groups excluding tert-OH is 1. The summed E-state index contributed by atoms with van der Waals surface area (Å²) in [7, 11) is 0. The van der Waals surface area contributed by atoms with Gasteiger partial charge in [-0.25, -0.2) is 9.37 Å². The molecule has 0 aliphatic carbocycles. The van der Waals surface area contributed by atoms with E-state index in [1.165, 1.54) is 34.4 Å². The molecule has 148 valence electrons. The maximum Gasteiger partial charge on any atom is 0.262 e. The van der Waals surface area contributed by atoms with Gasteiger partial charge in [-0.05, 0) is 42.0 Å². The molecule has 0 saturated heterocycles. The molecule has 4 aromatic rings. The molecular weight excluding hydrogens is 459 g/mol. The standard InChI is InChI=1S/C21H16BrFN2O3S/c22-14-3-7-17(8-4-14)28-10-16(26)9-25-12-24-20-19(21(25)27)18(11-29-20)13-1-5-15(23)6-2-13/h1-8,11-12,16,26H,9-10H2. The number of hydrogen-bond donors (Lipinski definition) is 1. The zero-order chi connectivity index (χ0) is 20.4. The predicted octanol–water partition coefficient (Wildman–Crippen LogP) is 4.47. The van der Waals surface area contributed by atoms with E-state index in [4.69, 9.17) is 4.74 Å². The SMILES string of the molecule is O=c1c2c(-c3ccc(F)cc3)csc2ncn1CC(O)COc1ccc(Br)cc1. The Balaban J connectivity index is 1.55. The van der Waals surface area contributed by atoms with Crippen LogP contribution in [0.2, 0.25) is 0 Å². The maximum atomic E-state index is 13.2. The summed E-state index contributed by atoms with van der Waals surface area (Å²) in [6.45, 7) is 0.0948. The molecule has 8 heteroatoms. The van der Waals surface area contributed by atoms with Crippen LogP contribution in [-0.2, 0) is 6.54 Å². The molecule has 0 spiro atoms. The molecule has 5 nitrogen and oxygen atoms in total. The summed E-state index contributed by atoms with van der Waals surface area (Å²) in [5, 5.41) is 12.6. The summed E-state index contributed by atoms with van der Waals surface area (Å²) in [6.07, 6.45) is 0.543. The van der Waals surface area contributed by atoms with Crippen LogP contribution in [0.3, 0.4) is 0 Å². The van der Waals surface area contributed by atoms with Crippen LogP contribution < -0.4 is 10.3 Å². The lowest BCUT2D eigenvalue weighted by atomic mass is 10.1. The topological polar surface area (TPSA) is 64.4 Å². The summed E-state index contributed by atoms with van der Waals surface area (Å²) in [5.74, 6) is 0.294. The van der Waals surface area contributed by atoms with Gasteiger partial charge in [0.1, 0.15) is 29.1 Å². The number of rotatable bonds is 6. The third kappa shape index (κ3) is 4.39. The van der Waals surface area contributed by atoms with Crippen molar-refractivity contribution in [2.45, 2.75) is 12.6 Å². The van der Waals surface area contributed by atoms with Crippen molar-refractivity contribution in [1.29, 1.82) is 0 Å². The molecule has 0 bridgehead atoms. The molecule has 0 aliphatic heterocycles. The third-order valence-corrected chi connectivity index (χ3v) is 5.79. The first-order chi connectivity index (χ1) is 14.0. The van der Waals surface area contributed by atoms with E-state index in [9.17, 15) is 14.3 Å². The van der Waals surface area contributed by atoms with Gasteiger partial charge in [0.2, 0.25) is 0 Å². The van der Waals surface area contributed by atoms with Crippen molar-refractivity contribution in [1.82, 2.24) is 9.55 Å². The van der Waals surface area contributed by atoms with Crippen molar-refractivity contribution >= 4 is 37.5 Å². The second kappa shape index (κ2) is 8.44. The van der Waals surface area contributed by atoms with E-state index in [2.05, 4.69) is 20.9 Å². The first-order valence-electron chi connectivity index (χ1n) is 8.80. The minimum atomic E-state index is -0.886. The molecule has 4 rings (SSSR count). The monoisotopic (exact) mass is 474 g/mol. The van der Waals surface area contributed by atoms with Crippen LogP contribution in [-0.4, -0.2) is 27.4 Å². The van der Waals surface area contributed by atoms with E-state index in [1.54, 1.807) is 24.3 Å². The number of benzene rings is 2. The maximum absolute atomic E-state index is 13.2. The van der Waals surface area contributed by atoms with Crippen molar-refractivity contribution in [2.75, 3.05) is 6.61 Å². The van der Waals surface area contributed by atoms with E-state index >= 15 is 0 Å². The van der Waals surface area contributed by atoms with Crippen molar-refractivity contribution in [3.63, 3.8) is 0 Å². The Morgan fingerprint density at radius 2 is 1.90 bits per heavy atom. The normalized spacial score (nSPS) is 12.2. The first-order valence-corrected chi connectivity index (χ1v) is 10.5. The minimum Gasteiger partial charge on any atom is -0.491 e. The van der Waals surface area contributed by atoms with Crippen LogP contribution in [0.5, 0.6) is 5.75 Å². The van der Waals surface area contributed by atoms with Crippen LogP contribution in [0, 0.1) is 5.82 Å². The average molecular weight is 475 g/mol. The number of nitrogens with zero attached hydrogens (tertiary/aromatic N) is 2. The minimum absolute atomic E-state index is 0.0422. The molecule has 29 heavy (non-hydrogen) atoms. The number of thiophene rings is 1. The van der Waals surface area contributed by atoms with Gasteiger partial charge in [0.05, 0.1) is 18.3 Å². The highest BCUT2D eigenvalue weighted by Crippen LogP contribution is 2.30. The molecule has 2 heterocycles. The lowest BCUT2D eigenvalue weighted by Crippen LogP contribution is -2.30. The van der Waals surface area contributed by atoms with Gasteiger partial charge in [0, 0.05) is 15.4 Å². The van der Waals surface area contributed by atoms with Gasteiger partial charge in [-0.3, -0.25) is 9.36 Å². The fourth-order valence-corrected chi connectivity index (χ4v) is 4.11. The number of aromatic nitrogens is 2. The molecule has 1 unspecified atom stereocenters. The second-order valence-electron chi connectivity index (χ2n) is 6.46. The van der Waals surface area contributed by atoms with Gasteiger partial charge in [-0.1, -0.05) is 28.1 Å². The Hall–Kier alpha value is -2.55. The van der Waals surface area contributed by atoms with Gasteiger partial charge in [-0.15, -0.1) is 11.3 Å². The quantitative estimate of drug-likeness (QED) is 0.447. The van der Waals surface area contributed by atoms with Crippen molar-refractivity contribution < 1.29 is 14.2 Å². The highest BCUT2D eigenvalue weighted by molar-refractivity contribution is 9.10. The number of aliphatic hydroxyl groups is 1. The molecule has 1 atom stereocenters. The highest BCUT2D eigenvalue weighted by atomic mass is 79.9. The number of hydrogen-bond acceptors (Lipinski definition) is 5. The summed E-state index contributed by atoms with van der Waals surface area (Å²) < 4.78 is 21.1. The van der Waals surface area contributed by atoms with Crippen LogP contribution >= 0.6 is 27.3 Å².